The van der Waals surface area contributed by atoms with Crippen LogP contribution in [0.15, 0.2) is 60.0 Å². The number of carbonyl (C=O) groups is 2. The van der Waals surface area contributed by atoms with Crippen LogP contribution >= 0.6 is 11.3 Å². The average Bonchev–Trinajstić information content (AvgIpc) is 3.62. The van der Waals surface area contributed by atoms with Crippen molar-refractivity contribution < 1.29 is 18.4 Å². The van der Waals surface area contributed by atoms with Crippen LogP contribution in [-0.4, -0.2) is 44.3 Å². The van der Waals surface area contributed by atoms with Crippen LogP contribution in [-0.2, 0) is 4.79 Å². The molecule has 1 aliphatic carbocycles. The van der Waals surface area contributed by atoms with Crippen molar-refractivity contribution in [2.24, 2.45) is 5.41 Å². The Labute approximate surface area is 204 Å². The normalized spacial score (nSPS) is 21.4. The molecule has 0 unspecified atom stereocenters. The number of anilines is 1. The third-order valence-corrected chi connectivity index (χ3v) is 8.11. The number of fused-ring (bicyclic) bond motifs is 1. The monoisotopic (exact) mass is 491 g/mol. The summed E-state index contributed by atoms with van der Waals surface area (Å²) in [5.74, 6) is 0.270. The lowest BCUT2D eigenvalue weighted by atomic mass is 9.65. The van der Waals surface area contributed by atoms with E-state index in [0.717, 1.165) is 36.2 Å². The number of oxazole rings is 1. The molecule has 3 aromatic heterocycles. The highest BCUT2D eigenvalue weighted by Gasteiger charge is 2.50. The van der Waals surface area contributed by atoms with Gasteiger partial charge < -0.3 is 13.9 Å². The molecule has 2 fully saturated rings. The van der Waals surface area contributed by atoms with Gasteiger partial charge in [-0.1, -0.05) is 6.58 Å². The van der Waals surface area contributed by atoms with Crippen molar-refractivity contribution in [1.82, 2.24) is 19.4 Å². The van der Waals surface area contributed by atoms with Gasteiger partial charge in [-0.15, -0.1) is 11.3 Å². The Morgan fingerprint density at radius 2 is 2.14 bits per heavy atom. The zero-order chi connectivity index (χ0) is 24.2. The molecule has 1 N–H and O–H groups in total. The smallest absolute Gasteiger partial charge is 0.268 e. The molecule has 6 rings (SSSR count). The summed E-state index contributed by atoms with van der Waals surface area (Å²) in [4.78, 5) is 36.8. The van der Waals surface area contributed by atoms with Gasteiger partial charge in [-0.3, -0.25) is 14.9 Å². The maximum absolute atomic E-state index is 13.9. The lowest BCUT2D eigenvalue weighted by molar-refractivity contribution is -0.125. The second kappa shape index (κ2) is 8.16. The summed E-state index contributed by atoms with van der Waals surface area (Å²) in [5, 5.41) is 2.94. The van der Waals surface area contributed by atoms with Gasteiger partial charge in [-0.25, -0.2) is 14.4 Å². The first-order valence-corrected chi connectivity index (χ1v) is 12.2. The highest BCUT2D eigenvalue weighted by atomic mass is 32.1. The van der Waals surface area contributed by atoms with Crippen LogP contribution in [0.1, 0.15) is 35.0 Å². The first-order valence-electron chi connectivity index (χ1n) is 11.3. The number of amides is 2. The zero-order valence-electron chi connectivity index (χ0n) is 18.7. The number of nitrogens with zero attached hydrogens (tertiary/aromatic N) is 4. The molecular weight excluding hydrogens is 469 g/mol. The average molecular weight is 492 g/mol. The summed E-state index contributed by atoms with van der Waals surface area (Å²) >= 11 is 1.29. The summed E-state index contributed by atoms with van der Waals surface area (Å²) in [6.07, 6.45) is 6.95. The fraction of sp³-hybridized carbons (Fsp3) is 0.280. The predicted octanol–water partition coefficient (Wildman–Crippen LogP) is 4.88. The second-order valence-corrected chi connectivity index (χ2v) is 10.3. The van der Waals surface area contributed by atoms with E-state index in [2.05, 4.69) is 21.9 Å². The van der Waals surface area contributed by atoms with Gasteiger partial charge in [0.05, 0.1) is 27.0 Å². The van der Waals surface area contributed by atoms with Gasteiger partial charge >= 0.3 is 0 Å². The SMILES string of the molecule is C=CC(=O)N1CC[C@]2(C1)C[C@H](n1c(NC(=O)c3ccc(-c4cnco4)s3)nc3cc(F)ccc31)C2. The van der Waals surface area contributed by atoms with Crippen LogP contribution in [0.5, 0.6) is 0 Å². The Bertz CT molecular complexity index is 1450. The molecule has 4 aromatic rings. The molecule has 1 saturated carbocycles. The number of rotatable bonds is 5. The van der Waals surface area contributed by atoms with E-state index in [1.165, 1.54) is 35.9 Å². The van der Waals surface area contributed by atoms with E-state index in [0.29, 0.717) is 28.6 Å². The second-order valence-electron chi connectivity index (χ2n) is 9.20. The quantitative estimate of drug-likeness (QED) is 0.402. The summed E-state index contributed by atoms with van der Waals surface area (Å²) in [5.41, 5.74) is 1.32. The van der Waals surface area contributed by atoms with Crippen LogP contribution in [0.25, 0.3) is 21.7 Å². The minimum absolute atomic E-state index is 0.0394. The maximum atomic E-state index is 13.9. The summed E-state index contributed by atoms with van der Waals surface area (Å²) in [6, 6.07) is 8.12. The molecule has 1 aliphatic heterocycles. The molecule has 1 saturated heterocycles. The number of nitrogens with one attached hydrogen (secondary N) is 1. The number of hydrogen-bond acceptors (Lipinski definition) is 6. The van der Waals surface area contributed by atoms with E-state index in [1.807, 2.05) is 15.5 Å². The van der Waals surface area contributed by atoms with Crippen LogP contribution in [0.4, 0.5) is 10.3 Å². The molecule has 10 heteroatoms. The third kappa shape index (κ3) is 3.74. The number of thiophene rings is 1. The lowest BCUT2D eigenvalue weighted by Gasteiger charge is -2.46. The van der Waals surface area contributed by atoms with Crippen molar-refractivity contribution in [3.05, 3.63) is 66.3 Å². The van der Waals surface area contributed by atoms with E-state index >= 15 is 0 Å². The van der Waals surface area contributed by atoms with Crippen molar-refractivity contribution in [3.63, 3.8) is 0 Å². The molecule has 178 valence electrons. The van der Waals surface area contributed by atoms with Gasteiger partial charge in [-0.05, 0) is 55.0 Å². The standard InChI is InChI=1S/C25H22FN5O3S/c1-2-22(32)30-8-7-25(13-30)10-16(11-25)31-18-4-3-15(26)9-17(18)28-24(31)29-23(33)21-6-5-20(35-21)19-12-27-14-34-19/h2-6,9,12,14,16H,1,7-8,10-11,13H2,(H,28,29,33)/t16-,25-. The van der Waals surface area contributed by atoms with Gasteiger partial charge in [-0.2, -0.15) is 0 Å². The molecule has 4 heterocycles. The molecule has 0 atom stereocenters. The van der Waals surface area contributed by atoms with E-state index in [4.69, 9.17) is 4.42 Å². The molecule has 0 radical (unpaired) electrons. The Morgan fingerprint density at radius 1 is 1.29 bits per heavy atom. The van der Waals surface area contributed by atoms with Gasteiger partial charge in [0.2, 0.25) is 11.9 Å². The van der Waals surface area contributed by atoms with Gasteiger partial charge in [0.1, 0.15) is 5.82 Å². The topological polar surface area (TPSA) is 93.3 Å². The molecule has 8 nitrogen and oxygen atoms in total. The Hall–Kier alpha value is -3.79. The number of aromatic nitrogens is 3. The highest BCUT2D eigenvalue weighted by Crippen LogP contribution is 2.55. The van der Waals surface area contributed by atoms with E-state index in [1.54, 1.807) is 18.3 Å². The first-order chi connectivity index (χ1) is 16.9. The number of halogens is 1. The van der Waals surface area contributed by atoms with Crippen LogP contribution in [0.3, 0.4) is 0 Å². The number of likely N-dealkylation sites (tertiary alicyclic amines) is 1. The summed E-state index contributed by atoms with van der Waals surface area (Å²) in [7, 11) is 0. The Balaban J connectivity index is 1.27. The van der Waals surface area contributed by atoms with Crippen LogP contribution < -0.4 is 5.32 Å². The van der Waals surface area contributed by atoms with E-state index in [9.17, 15) is 14.0 Å². The molecule has 2 aliphatic rings. The van der Waals surface area contributed by atoms with Crippen molar-refractivity contribution in [2.45, 2.75) is 25.3 Å². The molecule has 1 spiro atoms. The summed E-state index contributed by atoms with van der Waals surface area (Å²) < 4.78 is 21.3. The van der Waals surface area contributed by atoms with Gasteiger partial charge in [0.15, 0.2) is 12.2 Å². The fourth-order valence-electron chi connectivity index (χ4n) is 5.33. The minimum Gasteiger partial charge on any atom is -0.443 e. The van der Waals surface area contributed by atoms with Crippen LogP contribution in [0, 0.1) is 11.2 Å². The largest absolute Gasteiger partial charge is 0.443 e. The van der Waals surface area contributed by atoms with Gasteiger partial charge in [0, 0.05) is 25.2 Å². The minimum atomic E-state index is -0.380. The predicted molar refractivity (Wildman–Crippen MR) is 130 cm³/mol. The van der Waals surface area contributed by atoms with Crippen molar-refractivity contribution >= 4 is 40.1 Å². The number of benzene rings is 1. The fourth-order valence-corrected chi connectivity index (χ4v) is 6.18. The first kappa shape index (κ1) is 21.7. The zero-order valence-corrected chi connectivity index (χ0v) is 19.6. The third-order valence-electron chi connectivity index (χ3n) is 7.01. The lowest BCUT2D eigenvalue weighted by Crippen LogP contribution is -2.42. The maximum Gasteiger partial charge on any atom is 0.268 e. The van der Waals surface area contributed by atoms with E-state index < -0.39 is 0 Å². The molecule has 35 heavy (non-hydrogen) atoms. The molecule has 1 aromatic carbocycles. The van der Waals surface area contributed by atoms with Crippen molar-refractivity contribution in [1.29, 1.82) is 0 Å². The van der Waals surface area contributed by atoms with E-state index in [-0.39, 0.29) is 29.1 Å². The van der Waals surface area contributed by atoms with Crippen LogP contribution in [0.2, 0.25) is 0 Å². The van der Waals surface area contributed by atoms with Crippen molar-refractivity contribution in [3.8, 4) is 10.6 Å². The number of carbonyl (C=O) groups excluding carboxylic acids is 2. The molecular formula is C25H22FN5O3S. The Morgan fingerprint density at radius 3 is 2.91 bits per heavy atom. The number of imidazole rings is 1. The molecule has 0 bridgehead atoms. The summed E-state index contributed by atoms with van der Waals surface area (Å²) in [6.45, 7) is 5.02. The van der Waals surface area contributed by atoms with Crippen molar-refractivity contribution in [2.75, 3.05) is 18.4 Å². The number of hydrogen-bond donors (Lipinski definition) is 1. The highest BCUT2D eigenvalue weighted by molar-refractivity contribution is 7.17. The molecule has 2 amide bonds. The Kier molecular flexibility index (Phi) is 5.06. The van der Waals surface area contributed by atoms with Gasteiger partial charge in [0.25, 0.3) is 5.91 Å².